The van der Waals surface area contributed by atoms with E-state index in [2.05, 4.69) is 40.8 Å². The maximum Gasteiger partial charge on any atom is 0.224 e. The topological polar surface area (TPSA) is 49.8 Å². The maximum absolute atomic E-state index is 12.3. The summed E-state index contributed by atoms with van der Waals surface area (Å²) in [5.74, 6) is 0.0657. The first-order chi connectivity index (χ1) is 11.6. The first kappa shape index (κ1) is 15.1. The van der Waals surface area contributed by atoms with E-state index in [9.17, 15) is 4.79 Å². The van der Waals surface area contributed by atoms with Gasteiger partial charge in [-0.25, -0.2) is 0 Å². The lowest BCUT2D eigenvalue weighted by atomic mass is 10.1. The molecule has 1 aromatic carbocycles. The van der Waals surface area contributed by atoms with Gasteiger partial charge < -0.3 is 14.9 Å². The van der Waals surface area contributed by atoms with Gasteiger partial charge in [0, 0.05) is 41.1 Å². The third-order valence-electron chi connectivity index (χ3n) is 5.00. The van der Waals surface area contributed by atoms with Crippen LogP contribution in [0.2, 0.25) is 0 Å². The Hall–Kier alpha value is -2.49. The molecule has 2 N–H and O–H groups in total. The largest absolute Gasteiger partial charge is 0.361 e. The number of H-pyrrole nitrogens is 1. The number of aromatic amines is 1. The highest BCUT2D eigenvalue weighted by Crippen LogP contribution is 2.38. The zero-order valence-electron chi connectivity index (χ0n) is 14.2. The molecule has 4 nitrogen and oxygen atoms in total. The smallest absolute Gasteiger partial charge is 0.224 e. The Morgan fingerprint density at radius 2 is 2.04 bits per heavy atom. The van der Waals surface area contributed by atoms with Crippen molar-refractivity contribution in [3.63, 3.8) is 0 Å². The molecule has 0 saturated heterocycles. The Morgan fingerprint density at radius 3 is 2.83 bits per heavy atom. The third-order valence-corrected chi connectivity index (χ3v) is 5.00. The molecule has 3 aromatic rings. The predicted octanol–water partition coefficient (Wildman–Crippen LogP) is 3.78. The summed E-state index contributed by atoms with van der Waals surface area (Å²) >= 11 is 0. The lowest BCUT2D eigenvalue weighted by Crippen LogP contribution is -2.24. The molecular formula is C20H23N3O. The molecule has 0 atom stereocenters. The number of fused-ring (bicyclic) bond motifs is 1. The van der Waals surface area contributed by atoms with Crippen molar-refractivity contribution in [2.75, 3.05) is 0 Å². The second kappa shape index (κ2) is 5.86. The quantitative estimate of drug-likeness (QED) is 0.738. The number of aromatic nitrogens is 2. The highest BCUT2D eigenvalue weighted by Gasteiger charge is 2.26. The molecule has 1 amide bonds. The van der Waals surface area contributed by atoms with Crippen LogP contribution >= 0.6 is 0 Å². The van der Waals surface area contributed by atoms with Crippen molar-refractivity contribution < 1.29 is 4.79 Å². The molecule has 1 aliphatic rings. The second-order valence-electron chi connectivity index (χ2n) is 6.81. The van der Waals surface area contributed by atoms with Crippen LogP contribution < -0.4 is 5.32 Å². The van der Waals surface area contributed by atoms with E-state index >= 15 is 0 Å². The number of para-hydroxylation sites is 1. The number of carbonyl (C=O) groups is 1. The molecule has 0 radical (unpaired) electrons. The molecule has 0 spiro atoms. The Balaban J connectivity index is 1.43. The lowest BCUT2D eigenvalue weighted by molar-refractivity contribution is -0.120. The van der Waals surface area contributed by atoms with Crippen LogP contribution in [0.25, 0.3) is 10.9 Å². The van der Waals surface area contributed by atoms with E-state index < -0.39 is 0 Å². The van der Waals surface area contributed by atoms with Gasteiger partial charge in [0.2, 0.25) is 5.91 Å². The fraction of sp³-hybridized carbons (Fsp3) is 0.350. The number of carbonyl (C=O) groups excluding carboxylic acids is 1. The number of aryl methyl sites for hydroxylation is 1. The van der Waals surface area contributed by atoms with Crippen molar-refractivity contribution >= 4 is 16.8 Å². The van der Waals surface area contributed by atoms with Crippen molar-refractivity contribution in [3.8, 4) is 0 Å². The van der Waals surface area contributed by atoms with Gasteiger partial charge in [0.15, 0.2) is 0 Å². The molecule has 0 bridgehead atoms. The average molecular weight is 321 g/mol. The van der Waals surface area contributed by atoms with Gasteiger partial charge in [-0.1, -0.05) is 18.2 Å². The van der Waals surface area contributed by atoms with Crippen LogP contribution in [0, 0.1) is 13.8 Å². The number of hydrogen-bond acceptors (Lipinski definition) is 1. The minimum absolute atomic E-state index is 0.0657. The Morgan fingerprint density at radius 1 is 1.25 bits per heavy atom. The molecule has 0 unspecified atom stereocenters. The van der Waals surface area contributed by atoms with Gasteiger partial charge in [0.1, 0.15) is 0 Å². The molecule has 2 aromatic heterocycles. The molecular weight excluding hydrogens is 298 g/mol. The summed E-state index contributed by atoms with van der Waals surface area (Å²) in [6, 6.07) is 11.0. The van der Waals surface area contributed by atoms with Crippen molar-refractivity contribution in [2.45, 2.75) is 45.7 Å². The molecule has 4 heteroatoms. The van der Waals surface area contributed by atoms with Crippen molar-refractivity contribution in [2.24, 2.45) is 0 Å². The number of nitrogens with zero attached hydrogens (tertiary/aromatic N) is 1. The van der Waals surface area contributed by atoms with Gasteiger partial charge >= 0.3 is 0 Å². The van der Waals surface area contributed by atoms with E-state index in [0.717, 1.165) is 16.5 Å². The summed E-state index contributed by atoms with van der Waals surface area (Å²) in [5, 5.41) is 4.20. The second-order valence-corrected chi connectivity index (χ2v) is 6.81. The monoisotopic (exact) mass is 321 g/mol. The fourth-order valence-corrected chi connectivity index (χ4v) is 3.63. The molecule has 1 fully saturated rings. The van der Waals surface area contributed by atoms with E-state index in [1.807, 2.05) is 24.4 Å². The third kappa shape index (κ3) is 2.73. The Kier molecular flexibility index (Phi) is 3.68. The van der Waals surface area contributed by atoms with Crippen LogP contribution in [-0.4, -0.2) is 15.5 Å². The number of rotatable bonds is 5. The van der Waals surface area contributed by atoms with Gasteiger partial charge in [0.25, 0.3) is 0 Å². The normalized spacial score (nSPS) is 14.2. The number of benzene rings is 1. The molecule has 1 saturated carbocycles. The fourth-order valence-electron chi connectivity index (χ4n) is 3.63. The summed E-state index contributed by atoms with van der Waals surface area (Å²) in [7, 11) is 0. The van der Waals surface area contributed by atoms with E-state index in [0.29, 0.717) is 19.0 Å². The van der Waals surface area contributed by atoms with Gasteiger partial charge in [0.05, 0.1) is 6.42 Å². The summed E-state index contributed by atoms with van der Waals surface area (Å²) in [6.07, 6.45) is 4.90. The van der Waals surface area contributed by atoms with Crippen molar-refractivity contribution in [1.29, 1.82) is 0 Å². The first-order valence-corrected chi connectivity index (χ1v) is 8.62. The number of hydrogen-bond donors (Lipinski definition) is 2. The lowest BCUT2D eigenvalue weighted by Gasteiger charge is -2.08. The Bertz CT molecular complexity index is 899. The molecule has 124 valence electrons. The zero-order valence-corrected chi connectivity index (χ0v) is 14.2. The summed E-state index contributed by atoms with van der Waals surface area (Å²) in [5.41, 5.74) is 5.95. The van der Waals surface area contributed by atoms with Crippen LogP contribution in [0.4, 0.5) is 0 Å². The summed E-state index contributed by atoms with van der Waals surface area (Å²) < 4.78 is 2.42. The highest BCUT2D eigenvalue weighted by atomic mass is 16.1. The van der Waals surface area contributed by atoms with Gasteiger partial charge in [-0.2, -0.15) is 0 Å². The van der Waals surface area contributed by atoms with Crippen molar-refractivity contribution in [1.82, 2.24) is 14.9 Å². The minimum Gasteiger partial charge on any atom is -0.361 e. The summed E-state index contributed by atoms with van der Waals surface area (Å²) in [6.45, 7) is 4.92. The Labute approximate surface area is 141 Å². The molecule has 24 heavy (non-hydrogen) atoms. The number of nitrogens with one attached hydrogen (secondary N) is 2. The van der Waals surface area contributed by atoms with Crippen LogP contribution in [0.15, 0.2) is 36.5 Å². The van der Waals surface area contributed by atoms with Crippen LogP contribution in [-0.2, 0) is 17.8 Å². The maximum atomic E-state index is 12.3. The standard InChI is InChI=1S/C20H23N3O/c1-13-9-15(14(2)23(13)17-7-8-17)11-22-20(24)10-16-12-21-19-6-4-3-5-18(16)19/h3-6,9,12,17,21H,7-8,10-11H2,1-2H3,(H,22,24). The first-order valence-electron chi connectivity index (χ1n) is 8.62. The molecule has 4 rings (SSSR count). The highest BCUT2D eigenvalue weighted by molar-refractivity contribution is 5.88. The van der Waals surface area contributed by atoms with E-state index in [1.54, 1.807) is 0 Å². The molecule has 1 aliphatic carbocycles. The average Bonchev–Trinajstić information content (AvgIpc) is 3.26. The SMILES string of the molecule is Cc1cc(CNC(=O)Cc2c[nH]c3ccccc23)c(C)n1C1CC1. The zero-order chi connectivity index (χ0) is 16.7. The van der Waals surface area contributed by atoms with Crippen molar-refractivity contribution in [3.05, 3.63) is 59.0 Å². The minimum atomic E-state index is 0.0657. The molecule has 2 heterocycles. The van der Waals surface area contributed by atoms with E-state index in [1.165, 1.54) is 29.8 Å². The van der Waals surface area contributed by atoms with Gasteiger partial charge in [-0.3, -0.25) is 4.79 Å². The summed E-state index contributed by atoms with van der Waals surface area (Å²) in [4.78, 5) is 15.6. The van der Waals surface area contributed by atoms with Crippen LogP contribution in [0.1, 0.15) is 41.4 Å². The number of amides is 1. The van der Waals surface area contributed by atoms with E-state index in [-0.39, 0.29) is 5.91 Å². The van der Waals surface area contributed by atoms with Crippen LogP contribution in [0.5, 0.6) is 0 Å². The van der Waals surface area contributed by atoms with Gasteiger partial charge in [-0.05, 0) is 49.9 Å². The van der Waals surface area contributed by atoms with E-state index in [4.69, 9.17) is 0 Å². The molecule has 0 aliphatic heterocycles. The van der Waals surface area contributed by atoms with Crippen LogP contribution in [0.3, 0.4) is 0 Å². The van der Waals surface area contributed by atoms with Gasteiger partial charge in [-0.15, -0.1) is 0 Å². The predicted molar refractivity (Wildman–Crippen MR) is 96.0 cm³/mol.